The van der Waals surface area contributed by atoms with Crippen LogP contribution in [0.1, 0.15) is 29.4 Å². The first kappa shape index (κ1) is 15.4. The van der Waals surface area contributed by atoms with Gasteiger partial charge in [0.15, 0.2) is 0 Å². The number of carbonyl (C=O) groups is 1. The van der Waals surface area contributed by atoms with Gasteiger partial charge in [0.25, 0.3) is 0 Å². The van der Waals surface area contributed by atoms with Crippen molar-refractivity contribution in [3.8, 4) is 0 Å². The van der Waals surface area contributed by atoms with Gasteiger partial charge in [-0.2, -0.15) is 0 Å². The van der Waals surface area contributed by atoms with Crippen LogP contribution < -0.4 is 10.7 Å². The van der Waals surface area contributed by atoms with E-state index in [1.807, 2.05) is 13.0 Å². The van der Waals surface area contributed by atoms with Gasteiger partial charge in [-0.05, 0) is 31.5 Å². The summed E-state index contributed by atoms with van der Waals surface area (Å²) in [5, 5.41) is 12.3. The standard InChI is InChI=1S/C16H16FN3O3/c1-2-20-8-11(16(22)23)14(21)10-7-12(17)13(19-15(10)20)9-3-5-18-6-4-9/h3,7-8,18H,2,4-6H2,1H3,(H,22,23). The van der Waals surface area contributed by atoms with Crippen LogP contribution in [-0.2, 0) is 6.54 Å². The molecule has 0 spiro atoms. The van der Waals surface area contributed by atoms with E-state index >= 15 is 0 Å². The topological polar surface area (TPSA) is 84.2 Å². The van der Waals surface area contributed by atoms with E-state index in [4.69, 9.17) is 5.11 Å². The van der Waals surface area contributed by atoms with Gasteiger partial charge in [0, 0.05) is 19.3 Å². The molecule has 0 amide bonds. The fourth-order valence-electron chi connectivity index (χ4n) is 2.74. The lowest BCUT2D eigenvalue weighted by Gasteiger charge is -2.16. The Hall–Kier alpha value is -2.54. The molecule has 2 aromatic heterocycles. The van der Waals surface area contributed by atoms with Crippen molar-refractivity contribution in [3.05, 3.63) is 45.6 Å². The molecule has 0 saturated heterocycles. The van der Waals surface area contributed by atoms with Gasteiger partial charge in [0.05, 0.1) is 5.39 Å². The molecule has 6 nitrogen and oxygen atoms in total. The summed E-state index contributed by atoms with van der Waals surface area (Å²) in [5.74, 6) is -1.93. The Bertz CT molecular complexity index is 886. The number of carboxylic acid groups (broad SMARTS) is 1. The summed E-state index contributed by atoms with van der Waals surface area (Å²) in [6.45, 7) is 3.62. The second-order valence-electron chi connectivity index (χ2n) is 5.34. The van der Waals surface area contributed by atoms with Crippen molar-refractivity contribution in [1.82, 2.24) is 14.9 Å². The maximum Gasteiger partial charge on any atom is 0.341 e. The average Bonchev–Trinajstić information content (AvgIpc) is 2.55. The Morgan fingerprint density at radius 1 is 1.52 bits per heavy atom. The number of aryl methyl sites for hydroxylation is 1. The van der Waals surface area contributed by atoms with Crippen LogP contribution in [0.5, 0.6) is 0 Å². The average molecular weight is 317 g/mol. The predicted octanol–water partition coefficient (Wildman–Crippen LogP) is 1.63. The first-order valence-corrected chi connectivity index (χ1v) is 7.40. The fourth-order valence-corrected chi connectivity index (χ4v) is 2.74. The van der Waals surface area contributed by atoms with E-state index in [1.165, 1.54) is 6.20 Å². The van der Waals surface area contributed by atoms with Crippen LogP contribution in [0, 0.1) is 5.82 Å². The second-order valence-corrected chi connectivity index (χ2v) is 5.34. The summed E-state index contributed by atoms with van der Waals surface area (Å²) in [5.41, 5.74) is 0.228. The number of hydrogen-bond acceptors (Lipinski definition) is 4. The molecule has 0 aromatic carbocycles. The smallest absolute Gasteiger partial charge is 0.341 e. The van der Waals surface area contributed by atoms with Gasteiger partial charge >= 0.3 is 5.97 Å². The second kappa shape index (κ2) is 5.92. The predicted molar refractivity (Wildman–Crippen MR) is 84.1 cm³/mol. The monoisotopic (exact) mass is 317 g/mol. The Labute approximate surface area is 131 Å². The minimum Gasteiger partial charge on any atom is -0.477 e. The van der Waals surface area contributed by atoms with Gasteiger partial charge in [-0.15, -0.1) is 0 Å². The summed E-state index contributed by atoms with van der Waals surface area (Å²) in [6, 6.07) is 1.10. The third kappa shape index (κ3) is 2.63. The summed E-state index contributed by atoms with van der Waals surface area (Å²) < 4.78 is 16.0. The van der Waals surface area contributed by atoms with Crippen molar-refractivity contribution in [2.75, 3.05) is 13.1 Å². The molecule has 0 fully saturated rings. The zero-order valence-corrected chi connectivity index (χ0v) is 12.6. The highest BCUT2D eigenvalue weighted by molar-refractivity contribution is 5.92. The van der Waals surface area contributed by atoms with E-state index in [-0.39, 0.29) is 16.6 Å². The Morgan fingerprint density at radius 3 is 2.91 bits per heavy atom. The number of pyridine rings is 2. The number of aromatic carboxylic acids is 1. The summed E-state index contributed by atoms with van der Waals surface area (Å²) in [4.78, 5) is 27.8. The van der Waals surface area contributed by atoms with Gasteiger partial charge in [0.1, 0.15) is 22.7 Å². The van der Waals surface area contributed by atoms with Crippen LogP contribution in [0.25, 0.3) is 16.6 Å². The van der Waals surface area contributed by atoms with Crippen molar-refractivity contribution >= 4 is 22.6 Å². The first-order valence-electron chi connectivity index (χ1n) is 7.40. The number of aromatic nitrogens is 2. The Kier molecular flexibility index (Phi) is 3.96. The third-order valence-corrected chi connectivity index (χ3v) is 3.94. The maximum absolute atomic E-state index is 14.4. The van der Waals surface area contributed by atoms with E-state index in [0.717, 1.165) is 18.2 Å². The maximum atomic E-state index is 14.4. The fraction of sp³-hybridized carbons (Fsp3) is 0.312. The van der Waals surface area contributed by atoms with Gasteiger partial charge < -0.3 is 15.0 Å². The molecule has 2 aromatic rings. The molecule has 7 heteroatoms. The molecule has 0 atom stereocenters. The van der Waals surface area contributed by atoms with Crippen LogP contribution in [0.2, 0.25) is 0 Å². The van der Waals surface area contributed by atoms with E-state index in [9.17, 15) is 14.0 Å². The molecule has 3 heterocycles. The van der Waals surface area contributed by atoms with Gasteiger partial charge in [-0.1, -0.05) is 6.08 Å². The van der Waals surface area contributed by atoms with E-state index in [2.05, 4.69) is 10.3 Å². The number of rotatable bonds is 3. The minimum absolute atomic E-state index is 0.0115. The molecule has 2 N–H and O–H groups in total. The zero-order valence-electron chi connectivity index (χ0n) is 12.6. The molecule has 0 aliphatic carbocycles. The van der Waals surface area contributed by atoms with Crippen LogP contribution in [0.4, 0.5) is 4.39 Å². The quantitative estimate of drug-likeness (QED) is 0.899. The van der Waals surface area contributed by atoms with Gasteiger partial charge in [-0.3, -0.25) is 4.79 Å². The molecule has 1 aliphatic rings. The van der Waals surface area contributed by atoms with Crippen molar-refractivity contribution in [2.24, 2.45) is 0 Å². The SMILES string of the molecule is CCn1cc(C(=O)O)c(=O)c2cc(F)c(C3=CCNCC3)nc21. The van der Waals surface area contributed by atoms with Gasteiger partial charge in [-0.25, -0.2) is 14.2 Å². The summed E-state index contributed by atoms with van der Waals surface area (Å²) in [6.07, 6.45) is 3.79. The molecule has 120 valence electrons. The van der Waals surface area contributed by atoms with Crippen LogP contribution in [0.15, 0.2) is 23.1 Å². The highest BCUT2D eigenvalue weighted by atomic mass is 19.1. The molecule has 0 unspecified atom stereocenters. The highest BCUT2D eigenvalue weighted by Gasteiger charge is 2.19. The van der Waals surface area contributed by atoms with Crippen molar-refractivity contribution in [3.63, 3.8) is 0 Å². The molecule has 3 rings (SSSR count). The van der Waals surface area contributed by atoms with Crippen LogP contribution in [-0.4, -0.2) is 33.7 Å². The molecule has 0 bridgehead atoms. The van der Waals surface area contributed by atoms with E-state index in [0.29, 0.717) is 25.2 Å². The van der Waals surface area contributed by atoms with Crippen molar-refractivity contribution in [1.29, 1.82) is 0 Å². The van der Waals surface area contributed by atoms with E-state index < -0.39 is 17.2 Å². The number of fused-ring (bicyclic) bond motifs is 1. The lowest BCUT2D eigenvalue weighted by atomic mass is 10.0. The lowest BCUT2D eigenvalue weighted by Crippen LogP contribution is -2.22. The van der Waals surface area contributed by atoms with Crippen LogP contribution >= 0.6 is 0 Å². The lowest BCUT2D eigenvalue weighted by molar-refractivity contribution is 0.0695. The zero-order chi connectivity index (χ0) is 16.6. The molecule has 23 heavy (non-hydrogen) atoms. The number of halogens is 1. The van der Waals surface area contributed by atoms with Gasteiger partial charge in [0.2, 0.25) is 5.43 Å². The first-order chi connectivity index (χ1) is 11.0. The number of hydrogen-bond donors (Lipinski definition) is 2. The Morgan fingerprint density at radius 2 is 2.30 bits per heavy atom. The molecule has 1 aliphatic heterocycles. The number of nitrogens with zero attached hydrogens (tertiary/aromatic N) is 2. The van der Waals surface area contributed by atoms with Crippen LogP contribution in [0.3, 0.4) is 0 Å². The van der Waals surface area contributed by atoms with E-state index in [1.54, 1.807) is 4.57 Å². The summed E-state index contributed by atoms with van der Waals surface area (Å²) in [7, 11) is 0. The minimum atomic E-state index is -1.33. The van der Waals surface area contributed by atoms with Crippen molar-refractivity contribution in [2.45, 2.75) is 19.9 Å². The highest BCUT2D eigenvalue weighted by Crippen LogP contribution is 2.23. The molecule has 0 radical (unpaired) electrons. The Balaban J connectivity index is 2.31. The largest absolute Gasteiger partial charge is 0.477 e. The number of carboxylic acids is 1. The molecular weight excluding hydrogens is 301 g/mol. The number of nitrogens with one attached hydrogen (secondary N) is 1. The molecular formula is C16H16FN3O3. The van der Waals surface area contributed by atoms with Crippen molar-refractivity contribution < 1.29 is 14.3 Å². The third-order valence-electron chi connectivity index (χ3n) is 3.94. The normalized spacial score (nSPS) is 14.8. The molecule has 0 saturated carbocycles. The summed E-state index contributed by atoms with van der Waals surface area (Å²) >= 11 is 0.